The molecule has 1 aromatic carbocycles. The van der Waals surface area contributed by atoms with Crippen LogP contribution in [0.15, 0.2) is 46.8 Å². The van der Waals surface area contributed by atoms with Gasteiger partial charge in [-0.25, -0.2) is 4.98 Å². The first-order valence-corrected chi connectivity index (χ1v) is 6.51. The molecule has 6 heteroatoms. The van der Waals surface area contributed by atoms with Gasteiger partial charge in [0.15, 0.2) is 10.3 Å². The van der Waals surface area contributed by atoms with Gasteiger partial charge in [-0.3, -0.25) is 0 Å². The third kappa shape index (κ3) is 1.95. The number of hydrogen-bond donors (Lipinski definition) is 0. The third-order valence-corrected chi connectivity index (χ3v) is 3.92. The molecule has 0 radical (unpaired) electrons. The molecule has 0 saturated heterocycles. The summed E-state index contributed by atoms with van der Waals surface area (Å²) in [5, 5.41) is 12.1. The van der Waals surface area contributed by atoms with Crippen molar-refractivity contribution in [3.8, 4) is 0 Å². The minimum atomic E-state index is 0.426. The van der Waals surface area contributed by atoms with Crippen molar-refractivity contribution in [2.24, 2.45) is 7.05 Å². The molecule has 18 heavy (non-hydrogen) atoms. The molecule has 0 unspecified atom stereocenters. The highest BCUT2D eigenvalue weighted by Crippen LogP contribution is 2.32. The zero-order valence-electron chi connectivity index (χ0n) is 9.54. The highest BCUT2D eigenvalue weighted by Gasteiger charge is 2.10. The molecule has 4 nitrogen and oxygen atoms in total. The molecule has 0 fully saturated rings. The fraction of sp³-hybridized carbons (Fsp3) is 0.0833. The number of benzene rings is 1. The van der Waals surface area contributed by atoms with Gasteiger partial charge in [-0.2, -0.15) is 0 Å². The fourth-order valence-electron chi connectivity index (χ4n) is 1.66. The normalized spacial score (nSPS) is 11.0. The predicted octanol–water partition coefficient (Wildman–Crippen LogP) is 3.17. The van der Waals surface area contributed by atoms with Crippen LogP contribution in [0.25, 0.3) is 10.8 Å². The van der Waals surface area contributed by atoms with E-state index in [4.69, 9.17) is 11.6 Å². The van der Waals surface area contributed by atoms with Gasteiger partial charge in [0.1, 0.15) is 5.03 Å². The van der Waals surface area contributed by atoms with Crippen LogP contribution in [0.2, 0.25) is 5.15 Å². The summed E-state index contributed by atoms with van der Waals surface area (Å²) in [6.45, 7) is 0. The zero-order valence-corrected chi connectivity index (χ0v) is 11.1. The van der Waals surface area contributed by atoms with E-state index in [0.29, 0.717) is 5.15 Å². The largest absolute Gasteiger partial charge is 0.329 e. The van der Waals surface area contributed by atoms with Gasteiger partial charge in [0.05, 0.1) is 0 Å². The van der Waals surface area contributed by atoms with Crippen LogP contribution in [0.3, 0.4) is 0 Å². The van der Waals surface area contributed by atoms with Gasteiger partial charge < -0.3 is 4.57 Å². The summed E-state index contributed by atoms with van der Waals surface area (Å²) in [5.41, 5.74) is 0. The maximum atomic E-state index is 6.04. The van der Waals surface area contributed by atoms with Crippen molar-refractivity contribution >= 4 is 34.1 Å². The highest BCUT2D eigenvalue weighted by molar-refractivity contribution is 7.99. The van der Waals surface area contributed by atoms with E-state index in [2.05, 4.69) is 15.2 Å². The monoisotopic (exact) mass is 276 g/mol. The van der Waals surface area contributed by atoms with Crippen molar-refractivity contribution in [3.05, 3.63) is 41.8 Å². The Kier molecular flexibility index (Phi) is 2.93. The van der Waals surface area contributed by atoms with Crippen LogP contribution in [0.1, 0.15) is 0 Å². The van der Waals surface area contributed by atoms with Crippen LogP contribution in [0.4, 0.5) is 0 Å². The summed E-state index contributed by atoms with van der Waals surface area (Å²) >= 11 is 7.52. The predicted molar refractivity (Wildman–Crippen MR) is 71.9 cm³/mol. The van der Waals surface area contributed by atoms with Crippen molar-refractivity contribution in [1.29, 1.82) is 0 Å². The van der Waals surface area contributed by atoms with E-state index < -0.39 is 0 Å². The summed E-state index contributed by atoms with van der Waals surface area (Å²) in [6, 6.07) is 7.82. The van der Waals surface area contributed by atoms with E-state index >= 15 is 0 Å². The molecule has 0 bridgehead atoms. The van der Waals surface area contributed by atoms with E-state index in [9.17, 15) is 0 Å². The van der Waals surface area contributed by atoms with E-state index in [0.717, 1.165) is 21.0 Å². The van der Waals surface area contributed by atoms with E-state index in [-0.39, 0.29) is 0 Å². The minimum Gasteiger partial charge on any atom is -0.329 e. The summed E-state index contributed by atoms with van der Waals surface area (Å²) in [7, 11) is 1.95. The average molecular weight is 277 g/mol. The number of hydrogen-bond acceptors (Lipinski definition) is 4. The van der Waals surface area contributed by atoms with Gasteiger partial charge in [0.25, 0.3) is 0 Å². The van der Waals surface area contributed by atoms with Gasteiger partial charge in [0, 0.05) is 30.2 Å². The minimum absolute atomic E-state index is 0.426. The lowest BCUT2D eigenvalue weighted by Gasteiger charge is -2.05. The molecular weight excluding hydrogens is 268 g/mol. The highest BCUT2D eigenvalue weighted by atomic mass is 35.5. The van der Waals surface area contributed by atoms with E-state index in [1.807, 2.05) is 42.1 Å². The second-order valence-electron chi connectivity index (χ2n) is 3.76. The van der Waals surface area contributed by atoms with Crippen LogP contribution in [0, 0.1) is 0 Å². The Labute approximate surface area is 113 Å². The first kappa shape index (κ1) is 11.5. The fourth-order valence-corrected chi connectivity index (χ4v) is 2.72. The quantitative estimate of drug-likeness (QED) is 0.721. The Hall–Kier alpha value is -1.59. The molecule has 0 aliphatic carbocycles. The second kappa shape index (κ2) is 4.59. The first-order valence-electron chi connectivity index (χ1n) is 5.32. The third-order valence-electron chi connectivity index (χ3n) is 2.57. The Balaban J connectivity index is 2.13. The average Bonchev–Trinajstić information content (AvgIpc) is 2.79. The van der Waals surface area contributed by atoms with Gasteiger partial charge >= 0.3 is 0 Å². The van der Waals surface area contributed by atoms with Crippen molar-refractivity contribution in [2.45, 2.75) is 10.2 Å². The second-order valence-corrected chi connectivity index (χ2v) is 5.08. The number of fused-ring (bicyclic) bond motifs is 1. The number of aromatic nitrogens is 4. The Morgan fingerprint density at radius 3 is 2.67 bits per heavy atom. The molecule has 0 spiro atoms. The Morgan fingerprint density at radius 1 is 1.17 bits per heavy atom. The summed E-state index contributed by atoms with van der Waals surface area (Å²) < 4.78 is 1.94. The van der Waals surface area contributed by atoms with Gasteiger partial charge in [0.2, 0.25) is 0 Å². The topological polar surface area (TPSA) is 43.6 Å². The summed E-state index contributed by atoms with van der Waals surface area (Å²) in [5.74, 6) is 0. The maximum absolute atomic E-state index is 6.04. The van der Waals surface area contributed by atoms with E-state index in [1.54, 1.807) is 6.20 Å². The van der Waals surface area contributed by atoms with Crippen LogP contribution >= 0.6 is 23.4 Å². The maximum Gasteiger partial charge on any atom is 0.174 e. The van der Waals surface area contributed by atoms with Gasteiger partial charge in [-0.1, -0.05) is 35.9 Å². The van der Waals surface area contributed by atoms with Crippen LogP contribution in [0.5, 0.6) is 0 Å². The lowest BCUT2D eigenvalue weighted by Crippen LogP contribution is -1.93. The van der Waals surface area contributed by atoms with E-state index in [1.165, 1.54) is 11.8 Å². The summed E-state index contributed by atoms with van der Waals surface area (Å²) in [6.07, 6.45) is 3.65. The number of aryl methyl sites for hydroxylation is 1. The molecule has 0 saturated carbocycles. The van der Waals surface area contributed by atoms with Crippen LogP contribution in [-0.4, -0.2) is 19.7 Å². The number of imidazole rings is 1. The number of rotatable bonds is 2. The van der Waals surface area contributed by atoms with Crippen molar-refractivity contribution in [2.75, 3.05) is 0 Å². The molecule has 90 valence electrons. The molecular formula is C12H9ClN4S. The molecule has 3 aromatic rings. The first-order chi connectivity index (χ1) is 8.75. The van der Waals surface area contributed by atoms with Crippen LogP contribution in [-0.2, 0) is 7.05 Å². The van der Waals surface area contributed by atoms with Crippen molar-refractivity contribution in [3.63, 3.8) is 0 Å². The molecule has 0 N–H and O–H groups in total. The standard InChI is InChI=1S/C12H9ClN4S/c1-17-7-6-14-12(17)18-11-9-5-3-2-4-8(9)10(13)15-16-11/h2-7H,1H3. The van der Waals surface area contributed by atoms with Gasteiger partial charge in [-0.05, 0) is 11.8 Å². The molecule has 2 aromatic heterocycles. The Morgan fingerprint density at radius 2 is 1.94 bits per heavy atom. The molecule has 0 aliphatic rings. The van der Waals surface area contributed by atoms with Gasteiger partial charge in [-0.15, -0.1) is 10.2 Å². The number of nitrogens with zero attached hydrogens (tertiary/aromatic N) is 4. The molecule has 0 atom stereocenters. The molecule has 0 amide bonds. The SMILES string of the molecule is Cn1ccnc1Sc1nnc(Cl)c2ccccc12. The number of halogens is 1. The molecule has 3 rings (SSSR count). The Bertz CT molecular complexity index is 710. The van der Waals surface area contributed by atoms with Crippen molar-refractivity contribution in [1.82, 2.24) is 19.7 Å². The lowest BCUT2D eigenvalue weighted by molar-refractivity contribution is 0.787. The van der Waals surface area contributed by atoms with Crippen molar-refractivity contribution < 1.29 is 0 Å². The lowest BCUT2D eigenvalue weighted by atomic mass is 10.2. The summed E-state index contributed by atoms with van der Waals surface area (Å²) in [4.78, 5) is 4.27. The van der Waals surface area contributed by atoms with Crippen LogP contribution < -0.4 is 0 Å². The molecule has 0 aliphatic heterocycles. The molecule has 2 heterocycles. The smallest absolute Gasteiger partial charge is 0.174 e. The zero-order chi connectivity index (χ0) is 12.5.